The molecular weight excluding hydrogens is 496 g/mol. The number of hydrogen-bond acceptors (Lipinski definition) is 9. The lowest BCUT2D eigenvalue weighted by Crippen LogP contribution is -2.37. The van der Waals surface area contributed by atoms with E-state index in [-0.39, 0.29) is 29.0 Å². The number of oxime groups is 1. The molecule has 0 spiro atoms. The average Bonchev–Trinajstić information content (AvgIpc) is 2.88. The third-order valence-corrected chi connectivity index (χ3v) is 5.32. The molecule has 10 nitrogen and oxygen atoms in total. The minimum absolute atomic E-state index is 0.0719. The zero-order valence-electron chi connectivity index (χ0n) is 20.0. The molecule has 3 heterocycles. The smallest absolute Gasteiger partial charge is 0.379 e. The van der Waals surface area contributed by atoms with E-state index in [4.69, 9.17) is 15.3 Å². The largest absolute Gasteiger partial charge is 0.416 e. The zero-order chi connectivity index (χ0) is 26.6. The number of amidine groups is 1. The molecule has 1 aliphatic rings. The number of nitrogens with zero attached hydrogens (tertiary/aromatic N) is 6. The normalized spacial score (nSPS) is 14.4. The van der Waals surface area contributed by atoms with Crippen LogP contribution in [0.2, 0.25) is 0 Å². The maximum absolute atomic E-state index is 14.2. The fourth-order valence-corrected chi connectivity index (χ4v) is 3.41. The first-order chi connectivity index (χ1) is 17.6. The van der Waals surface area contributed by atoms with E-state index in [1.54, 1.807) is 36.0 Å². The van der Waals surface area contributed by atoms with E-state index in [9.17, 15) is 17.6 Å². The van der Waals surface area contributed by atoms with E-state index in [0.29, 0.717) is 37.7 Å². The Morgan fingerprint density at radius 3 is 2.51 bits per heavy atom. The summed E-state index contributed by atoms with van der Waals surface area (Å²) in [6.45, 7) is 1.84. The summed E-state index contributed by atoms with van der Waals surface area (Å²) in [4.78, 5) is 20.4. The highest BCUT2D eigenvalue weighted by Gasteiger charge is 2.31. The van der Waals surface area contributed by atoms with Gasteiger partial charge in [-0.3, -0.25) is 4.98 Å². The Kier molecular flexibility index (Phi) is 7.57. The van der Waals surface area contributed by atoms with Gasteiger partial charge in [-0.25, -0.2) is 4.39 Å². The van der Waals surface area contributed by atoms with E-state index in [2.05, 4.69) is 25.4 Å². The number of hydrogen-bond donors (Lipinski definition) is 2. The maximum Gasteiger partial charge on any atom is 0.416 e. The van der Waals surface area contributed by atoms with Crippen LogP contribution in [0.5, 0.6) is 6.01 Å². The van der Waals surface area contributed by atoms with Gasteiger partial charge in [0.2, 0.25) is 0 Å². The van der Waals surface area contributed by atoms with Gasteiger partial charge in [0, 0.05) is 38.6 Å². The number of aromatic nitrogens is 3. The van der Waals surface area contributed by atoms with Crippen LogP contribution >= 0.6 is 0 Å². The summed E-state index contributed by atoms with van der Waals surface area (Å²) in [5, 5.41) is 6.66. The Hall–Kier alpha value is -4.20. The first-order valence-electron chi connectivity index (χ1n) is 11.1. The van der Waals surface area contributed by atoms with Crippen LogP contribution in [0.15, 0.2) is 47.9 Å². The van der Waals surface area contributed by atoms with Crippen molar-refractivity contribution in [2.75, 3.05) is 55.5 Å². The summed E-state index contributed by atoms with van der Waals surface area (Å²) < 4.78 is 59.3. The number of morpholine rings is 1. The third kappa shape index (κ3) is 6.52. The monoisotopic (exact) mass is 520 g/mol. The standard InChI is InChI=1S/C23H24F4N8O2/c1-34(2)17-10-14(23(25,26)27)9-16(11-17)31-15-3-4-19(29-12-15)20(28)33-37-22-30-13-18(24)21(32-22)35-5-7-36-8-6-35/h3-4,9-13,31H,5-8H2,1-2H3,(H2,28,33). The molecule has 3 aromatic rings. The van der Waals surface area contributed by atoms with Crippen LogP contribution in [0.3, 0.4) is 0 Å². The Morgan fingerprint density at radius 1 is 1.11 bits per heavy atom. The summed E-state index contributed by atoms with van der Waals surface area (Å²) in [7, 11) is 3.31. The quantitative estimate of drug-likeness (QED) is 0.209. The van der Waals surface area contributed by atoms with E-state index in [0.717, 1.165) is 18.3 Å². The van der Waals surface area contributed by atoms with Crippen molar-refractivity contribution in [3.63, 3.8) is 0 Å². The van der Waals surface area contributed by atoms with E-state index >= 15 is 0 Å². The van der Waals surface area contributed by atoms with Gasteiger partial charge in [0.25, 0.3) is 0 Å². The van der Waals surface area contributed by atoms with Crippen LogP contribution in [-0.2, 0) is 10.9 Å². The van der Waals surface area contributed by atoms with Crippen LogP contribution in [0, 0.1) is 5.82 Å². The molecular formula is C23H24F4N8O2. The lowest BCUT2D eigenvalue weighted by Gasteiger charge is -2.27. The van der Waals surface area contributed by atoms with Gasteiger partial charge in [-0.1, -0.05) is 5.16 Å². The molecule has 0 atom stereocenters. The van der Waals surface area contributed by atoms with E-state index in [1.807, 2.05) is 0 Å². The predicted octanol–water partition coefficient (Wildman–Crippen LogP) is 3.38. The number of nitrogens with one attached hydrogen (secondary N) is 1. The lowest BCUT2D eigenvalue weighted by molar-refractivity contribution is -0.137. The topological polar surface area (TPSA) is 114 Å². The molecule has 0 radical (unpaired) electrons. The molecule has 1 aromatic carbocycles. The average molecular weight is 520 g/mol. The minimum atomic E-state index is -4.49. The third-order valence-electron chi connectivity index (χ3n) is 5.32. The Labute approximate surface area is 209 Å². The van der Waals surface area contributed by atoms with Gasteiger partial charge in [-0.05, 0) is 30.3 Å². The number of halogens is 4. The van der Waals surface area contributed by atoms with Crippen LogP contribution in [0.1, 0.15) is 11.3 Å². The first kappa shape index (κ1) is 25.9. The minimum Gasteiger partial charge on any atom is -0.379 e. The van der Waals surface area contributed by atoms with Crippen LogP contribution in [0.25, 0.3) is 0 Å². The molecule has 196 valence electrons. The molecule has 0 saturated carbocycles. The number of anilines is 4. The fraction of sp³-hybridized carbons (Fsp3) is 0.304. The lowest BCUT2D eigenvalue weighted by atomic mass is 10.1. The highest BCUT2D eigenvalue weighted by molar-refractivity contribution is 5.95. The van der Waals surface area contributed by atoms with E-state index < -0.39 is 17.6 Å². The second-order valence-corrected chi connectivity index (χ2v) is 8.21. The molecule has 3 N–H and O–H groups in total. The van der Waals surface area contributed by atoms with Crippen molar-refractivity contribution in [1.29, 1.82) is 0 Å². The Balaban J connectivity index is 1.46. The number of rotatable bonds is 7. The molecule has 0 unspecified atom stereocenters. The fourth-order valence-electron chi connectivity index (χ4n) is 3.41. The summed E-state index contributed by atoms with van der Waals surface area (Å²) in [6.07, 6.45) is -2.13. The molecule has 2 aromatic heterocycles. The van der Waals surface area contributed by atoms with Crippen LogP contribution < -0.4 is 25.7 Å². The summed E-state index contributed by atoms with van der Waals surface area (Å²) >= 11 is 0. The van der Waals surface area contributed by atoms with Gasteiger partial charge in [-0.15, -0.1) is 0 Å². The highest BCUT2D eigenvalue weighted by atomic mass is 19.4. The number of alkyl halides is 3. The van der Waals surface area contributed by atoms with Gasteiger partial charge in [0.1, 0.15) is 5.69 Å². The van der Waals surface area contributed by atoms with Gasteiger partial charge in [0.05, 0.1) is 36.9 Å². The van der Waals surface area contributed by atoms with Crippen molar-refractivity contribution in [1.82, 2.24) is 15.0 Å². The summed E-state index contributed by atoms with van der Waals surface area (Å²) in [6, 6.07) is 6.55. The highest BCUT2D eigenvalue weighted by Crippen LogP contribution is 2.35. The summed E-state index contributed by atoms with van der Waals surface area (Å²) in [5.41, 5.74) is 6.44. The molecule has 37 heavy (non-hydrogen) atoms. The van der Waals surface area contributed by atoms with Gasteiger partial charge in [-0.2, -0.15) is 23.1 Å². The van der Waals surface area contributed by atoms with Crippen molar-refractivity contribution >= 4 is 28.7 Å². The molecule has 1 fully saturated rings. The number of benzene rings is 1. The Morgan fingerprint density at radius 2 is 1.86 bits per heavy atom. The van der Waals surface area contributed by atoms with Crippen molar-refractivity contribution in [3.05, 3.63) is 59.8 Å². The molecule has 0 amide bonds. The van der Waals surface area contributed by atoms with Gasteiger partial charge < -0.3 is 30.4 Å². The predicted molar refractivity (Wildman–Crippen MR) is 130 cm³/mol. The maximum atomic E-state index is 14.2. The number of ether oxygens (including phenoxy) is 1. The molecule has 14 heteroatoms. The van der Waals surface area contributed by atoms with Crippen molar-refractivity contribution in [2.45, 2.75) is 6.18 Å². The number of pyridine rings is 1. The van der Waals surface area contributed by atoms with Crippen molar-refractivity contribution in [3.8, 4) is 6.01 Å². The molecule has 0 aliphatic carbocycles. The van der Waals surface area contributed by atoms with Crippen molar-refractivity contribution < 1.29 is 27.1 Å². The first-order valence-corrected chi connectivity index (χ1v) is 11.1. The van der Waals surface area contributed by atoms with Gasteiger partial charge in [0.15, 0.2) is 17.5 Å². The summed E-state index contributed by atoms with van der Waals surface area (Å²) in [5.74, 6) is -0.640. The van der Waals surface area contributed by atoms with Crippen LogP contribution in [0.4, 0.5) is 40.4 Å². The van der Waals surface area contributed by atoms with Crippen LogP contribution in [-0.4, -0.2) is 61.2 Å². The molecule has 0 bridgehead atoms. The second-order valence-electron chi connectivity index (χ2n) is 8.21. The second kappa shape index (κ2) is 10.8. The zero-order valence-corrected chi connectivity index (χ0v) is 20.0. The molecule has 1 aliphatic heterocycles. The number of nitrogens with two attached hydrogens (primary N) is 1. The SMILES string of the molecule is CN(C)c1cc(Nc2ccc(/C(N)=N/Oc3ncc(F)c(N4CCOCC4)n3)nc2)cc(C(F)(F)F)c1. The van der Waals surface area contributed by atoms with E-state index in [1.165, 1.54) is 12.3 Å². The van der Waals surface area contributed by atoms with Gasteiger partial charge >= 0.3 is 12.2 Å². The van der Waals surface area contributed by atoms with Crippen molar-refractivity contribution in [2.24, 2.45) is 10.9 Å². The Bertz CT molecular complexity index is 1260. The molecule has 1 saturated heterocycles. The molecule has 4 rings (SSSR count).